The molecule has 2 amide bonds. The lowest BCUT2D eigenvalue weighted by Crippen LogP contribution is -2.42. The molecule has 0 aliphatic carbocycles. The molecule has 1 aromatic rings. The molecule has 2 rings (SSSR count). The second-order valence-corrected chi connectivity index (χ2v) is 6.81. The Morgan fingerprint density at radius 2 is 1.65 bits per heavy atom. The standard InChI is InChI=1S/C20H30FN3O2/c1-3-10-23(11-4-2)19(25)16-22-12-5-13-24(15-14-22)20(26)17-6-8-18(21)9-7-17/h6-9H,3-5,10-16H2,1-2H3. The molecule has 0 N–H and O–H groups in total. The molecule has 26 heavy (non-hydrogen) atoms. The number of amides is 2. The van der Waals surface area contributed by atoms with E-state index < -0.39 is 0 Å². The lowest BCUT2D eigenvalue weighted by molar-refractivity contribution is -0.132. The molecule has 0 spiro atoms. The van der Waals surface area contributed by atoms with E-state index >= 15 is 0 Å². The zero-order valence-corrected chi connectivity index (χ0v) is 15.9. The number of hydrogen-bond donors (Lipinski definition) is 0. The fourth-order valence-corrected chi connectivity index (χ4v) is 3.30. The van der Waals surface area contributed by atoms with E-state index in [1.807, 2.05) is 4.90 Å². The monoisotopic (exact) mass is 363 g/mol. The molecular weight excluding hydrogens is 333 g/mol. The number of nitrogens with zero attached hydrogens (tertiary/aromatic N) is 3. The van der Waals surface area contributed by atoms with Gasteiger partial charge in [0, 0.05) is 44.8 Å². The van der Waals surface area contributed by atoms with Crippen LogP contribution >= 0.6 is 0 Å². The zero-order valence-electron chi connectivity index (χ0n) is 15.9. The van der Waals surface area contributed by atoms with Crippen LogP contribution in [0.15, 0.2) is 24.3 Å². The average molecular weight is 363 g/mol. The first kappa shape index (κ1) is 20.4. The molecule has 1 aromatic carbocycles. The van der Waals surface area contributed by atoms with Crippen molar-refractivity contribution in [3.05, 3.63) is 35.6 Å². The normalized spacial score (nSPS) is 15.6. The third-order valence-corrected chi connectivity index (χ3v) is 4.67. The van der Waals surface area contributed by atoms with Gasteiger partial charge in [-0.2, -0.15) is 0 Å². The molecule has 144 valence electrons. The van der Waals surface area contributed by atoms with Crippen molar-refractivity contribution in [2.24, 2.45) is 0 Å². The predicted octanol–water partition coefficient (Wildman–Crippen LogP) is 2.62. The third-order valence-electron chi connectivity index (χ3n) is 4.67. The van der Waals surface area contributed by atoms with Gasteiger partial charge in [0.1, 0.15) is 5.82 Å². The lowest BCUT2D eigenvalue weighted by atomic mass is 10.2. The summed E-state index contributed by atoms with van der Waals surface area (Å²) in [6, 6.07) is 5.67. The van der Waals surface area contributed by atoms with Gasteiger partial charge in [0.05, 0.1) is 6.54 Å². The molecule has 0 atom stereocenters. The van der Waals surface area contributed by atoms with Gasteiger partial charge in [-0.3, -0.25) is 14.5 Å². The first-order chi connectivity index (χ1) is 12.5. The zero-order chi connectivity index (χ0) is 18.9. The van der Waals surface area contributed by atoms with Crippen molar-refractivity contribution >= 4 is 11.8 Å². The van der Waals surface area contributed by atoms with Gasteiger partial charge in [-0.15, -0.1) is 0 Å². The van der Waals surface area contributed by atoms with E-state index in [-0.39, 0.29) is 17.6 Å². The van der Waals surface area contributed by atoms with Crippen molar-refractivity contribution < 1.29 is 14.0 Å². The van der Waals surface area contributed by atoms with Gasteiger partial charge in [-0.1, -0.05) is 13.8 Å². The summed E-state index contributed by atoms with van der Waals surface area (Å²) in [5.41, 5.74) is 0.507. The van der Waals surface area contributed by atoms with Crippen molar-refractivity contribution in [2.45, 2.75) is 33.1 Å². The maximum Gasteiger partial charge on any atom is 0.253 e. The van der Waals surface area contributed by atoms with Crippen molar-refractivity contribution in [1.29, 1.82) is 0 Å². The van der Waals surface area contributed by atoms with Crippen molar-refractivity contribution in [3.63, 3.8) is 0 Å². The second-order valence-electron chi connectivity index (χ2n) is 6.81. The highest BCUT2D eigenvalue weighted by molar-refractivity contribution is 5.94. The number of rotatable bonds is 7. The fourth-order valence-electron chi connectivity index (χ4n) is 3.30. The van der Waals surface area contributed by atoms with Gasteiger partial charge >= 0.3 is 0 Å². The average Bonchev–Trinajstić information content (AvgIpc) is 2.87. The van der Waals surface area contributed by atoms with Gasteiger partial charge in [0.15, 0.2) is 0 Å². The third kappa shape index (κ3) is 5.80. The highest BCUT2D eigenvalue weighted by Gasteiger charge is 2.22. The molecule has 1 fully saturated rings. The molecule has 0 aromatic heterocycles. The van der Waals surface area contributed by atoms with Crippen molar-refractivity contribution in [3.8, 4) is 0 Å². The summed E-state index contributed by atoms with van der Waals surface area (Å²) < 4.78 is 13.0. The molecular formula is C20H30FN3O2. The Balaban J connectivity index is 1.89. The Morgan fingerprint density at radius 3 is 2.27 bits per heavy atom. The van der Waals surface area contributed by atoms with Crippen LogP contribution in [0.2, 0.25) is 0 Å². The number of halogens is 1. The van der Waals surface area contributed by atoms with Gasteiger partial charge in [-0.25, -0.2) is 4.39 Å². The number of hydrogen-bond acceptors (Lipinski definition) is 3. The van der Waals surface area contributed by atoms with Crippen LogP contribution in [0.5, 0.6) is 0 Å². The Hall–Kier alpha value is -1.95. The Morgan fingerprint density at radius 1 is 1.00 bits per heavy atom. The smallest absolute Gasteiger partial charge is 0.253 e. The van der Waals surface area contributed by atoms with Crippen LogP contribution in [-0.4, -0.2) is 72.3 Å². The highest BCUT2D eigenvalue weighted by atomic mass is 19.1. The first-order valence-corrected chi connectivity index (χ1v) is 9.60. The molecule has 6 heteroatoms. The van der Waals surface area contributed by atoms with E-state index in [1.54, 1.807) is 4.90 Å². The van der Waals surface area contributed by atoms with Crippen LogP contribution in [0.4, 0.5) is 4.39 Å². The van der Waals surface area contributed by atoms with Crippen LogP contribution in [0.1, 0.15) is 43.5 Å². The highest BCUT2D eigenvalue weighted by Crippen LogP contribution is 2.11. The molecule has 0 bridgehead atoms. The molecule has 1 saturated heterocycles. The maximum absolute atomic E-state index is 13.0. The summed E-state index contributed by atoms with van der Waals surface area (Å²) in [5, 5.41) is 0. The predicted molar refractivity (Wildman–Crippen MR) is 101 cm³/mol. The first-order valence-electron chi connectivity index (χ1n) is 9.60. The summed E-state index contributed by atoms with van der Waals surface area (Å²) in [6.45, 7) is 8.93. The minimum atomic E-state index is -0.342. The molecule has 5 nitrogen and oxygen atoms in total. The Kier molecular flexibility index (Phi) is 8.04. The number of carbonyl (C=O) groups excluding carboxylic acids is 2. The summed E-state index contributed by atoms with van der Waals surface area (Å²) in [6.07, 6.45) is 2.76. The summed E-state index contributed by atoms with van der Waals surface area (Å²) in [4.78, 5) is 31.0. The van der Waals surface area contributed by atoms with E-state index in [2.05, 4.69) is 18.7 Å². The Labute approximate surface area is 155 Å². The maximum atomic E-state index is 13.0. The van der Waals surface area contributed by atoms with Gasteiger partial charge < -0.3 is 9.80 Å². The number of carbonyl (C=O) groups is 2. The lowest BCUT2D eigenvalue weighted by Gasteiger charge is -2.26. The van der Waals surface area contributed by atoms with Crippen LogP contribution in [-0.2, 0) is 4.79 Å². The van der Waals surface area contributed by atoms with E-state index in [9.17, 15) is 14.0 Å². The SMILES string of the molecule is CCCN(CCC)C(=O)CN1CCCN(C(=O)c2ccc(F)cc2)CC1. The van der Waals surface area contributed by atoms with E-state index in [0.29, 0.717) is 31.7 Å². The molecule has 0 unspecified atom stereocenters. The quantitative estimate of drug-likeness (QED) is 0.748. The second kappa shape index (κ2) is 10.3. The molecule has 0 radical (unpaired) electrons. The van der Waals surface area contributed by atoms with Crippen LogP contribution in [0.25, 0.3) is 0 Å². The number of benzene rings is 1. The summed E-state index contributed by atoms with van der Waals surface area (Å²) in [5.74, 6) is -0.241. The molecule has 1 aliphatic heterocycles. The van der Waals surface area contributed by atoms with Crippen molar-refractivity contribution in [2.75, 3.05) is 45.8 Å². The topological polar surface area (TPSA) is 43.9 Å². The largest absolute Gasteiger partial charge is 0.342 e. The van der Waals surface area contributed by atoms with Crippen LogP contribution in [0.3, 0.4) is 0 Å². The molecule has 0 saturated carbocycles. The van der Waals surface area contributed by atoms with E-state index in [0.717, 1.165) is 38.9 Å². The van der Waals surface area contributed by atoms with Crippen LogP contribution < -0.4 is 0 Å². The van der Waals surface area contributed by atoms with Crippen molar-refractivity contribution in [1.82, 2.24) is 14.7 Å². The Bertz CT molecular complexity index is 585. The molecule has 1 aliphatic rings. The minimum Gasteiger partial charge on any atom is -0.342 e. The van der Waals surface area contributed by atoms with E-state index in [1.165, 1.54) is 24.3 Å². The van der Waals surface area contributed by atoms with Gasteiger partial charge in [0.25, 0.3) is 5.91 Å². The summed E-state index contributed by atoms with van der Waals surface area (Å²) >= 11 is 0. The van der Waals surface area contributed by atoms with Crippen LogP contribution in [0, 0.1) is 5.82 Å². The van der Waals surface area contributed by atoms with E-state index in [4.69, 9.17) is 0 Å². The van der Waals surface area contributed by atoms with Gasteiger partial charge in [0.2, 0.25) is 5.91 Å². The summed E-state index contributed by atoms with van der Waals surface area (Å²) in [7, 11) is 0. The minimum absolute atomic E-state index is 0.0724. The van der Waals surface area contributed by atoms with Gasteiger partial charge in [-0.05, 0) is 43.5 Å². The fraction of sp³-hybridized carbons (Fsp3) is 0.600. The molecule has 1 heterocycles.